The van der Waals surface area contributed by atoms with Crippen LogP contribution in [-0.2, 0) is 0 Å². The van der Waals surface area contributed by atoms with Gasteiger partial charge in [0, 0.05) is 11.6 Å². The van der Waals surface area contributed by atoms with Crippen molar-refractivity contribution in [3.63, 3.8) is 0 Å². The minimum Gasteiger partial charge on any atom is -0.508 e. The van der Waals surface area contributed by atoms with Gasteiger partial charge in [0.05, 0.1) is 0 Å². The number of halogens is 3. The van der Waals surface area contributed by atoms with Gasteiger partial charge in [-0.3, -0.25) is 0 Å². The predicted molar refractivity (Wildman–Crippen MR) is 47.4 cm³/mol. The second kappa shape index (κ2) is 3.98. The topological polar surface area (TPSA) is 55.5 Å². The Kier molecular flexibility index (Phi) is 3.09. The molecular formula is C9H10F3NO2. The van der Waals surface area contributed by atoms with Crippen molar-refractivity contribution in [1.29, 1.82) is 0 Å². The standard InChI is InChI=1S/C9H10F3NO2/c1-5(13)7-4-6(2-3-8(7)14)15-9(10,11)12/h2-5,14H,13H2,1H3. The number of hydrogen-bond donors (Lipinski definition) is 2. The molecule has 0 aliphatic carbocycles. The fraction of sp³-hybridized carbons (Fsp3) is 0.333. The van der Waals surface area contributed by atoms with Crippen LogP contribution in [0.5, 0.6) is 11.5 Å². The van der Waals surface area contributed by atoms with Crippen molar-refractivity contribution in [2.45, 2.75) is 19.3 Å². The summed E-state index contributed by atoms with van der Waals surface area (Å²) in [5, 5.41) is 9.29. The largest absolute Gasteiger partial charge is 0.573 e. The molecule has 0 radical (unpaired) electrons. The predicted octanol–water partition coefficient (Wildman–Crippen LogP) is 2.31. The molecule has 3 nitrogen and oxygen atoms in total. The fourth-order valence-corrected chi connectivity index (χ4v) is 1.09. The Balaban J connectivity index is 2.98. The Labute approximate surface area is 84.3 Å². The summed E-state index contributed by atoms with van der Waals surface area (Å²) in [4.78, 5) is 0. The highest BCUT2D eigenvalue weighted by Gasteiger charge is 2.31. The molecule has 0 spiro atoms. The van der Waals surface area contributed by atoms with Crippen LogP contribution in [-0.4, -0.2) is 11.5 Å². The first-order valence-corrected chi connectivity index (χ1v) is 4.14. The summed E-state index contributed by atoms with van der Waals surface area (Å²) in [6, 6.07) is 2.63. The van der Waals surface area contributed by atoms with Gasteiger partial charge in [-0.1, -0.05) is 0 Å². The van der Waals surface area contributed by atoms with Gasteiger partial charge in [0.1, 0.15) is 11.5 Å². The van der Waals surface area contributed by atoms with Crippen LogP contribution in [0.15, 0.2) is 18.2 Å². The zero-order valence-electron chi connectivity index (χ0n) is 7.88. The Bertz CT molecular complexity index is 350. The molecule has 0 aliphatic heterocycles. The van der Waals surface area contributed by atoms with Gasteiger partial charge in [-0.05, 0) is 25.1 Å². The maximum absolute atomic E-state index is 11.9. The quantitative estimate of drug-likeness (QED) is 0.805. The maximum Gasteiger partial charge on any atom is 0.573 e. The van der Waals surface area contributed by atoms with Crippen LogP contribution < -0.4 is 10.5 Å². The first-order valence-electron chi connectivity index (χ1n) is 4.14. The van der Waals surface area contributed by atoms with E-state index in [2.05, 4.69) is 4.74 Å². The Hall–Kier alpha value is -1.43. The summed E-state index contributed by atoms with van der Waals surface area (Å²) in [5.41, 5.74) is 5.66. The zero-order valence-corrected chi connectivity index (χ0v) is 7.88. The molecule has 1 atom stereocenters. The maximum atomic E-state index is 11.9. The summed E-state index contributed by atoms with van der Waals surface area (Å²) < 4.78 is 39.3. The fourth-order valence-electron chi connectivity index (χ4n) is 1.09. The van der Waals surface area contributed by atoms with Gasteiger partial charge in [0.25, 0.3) is 0 Å². The van der Waals surface area contributed by atoms with E-state index in [-0.39, 0.29) is 11.3 Å². The molecule has 0 aliphatic rings. The molecule has 1 aromatic carbocycles. The molecule has 1 aromatic rings. The van der Waals surface area contributed by atoms with E-state index in [1.54, 1.807) is 6.92 Å². The number of benzene rings is 1. The third-order valence-electron chi connectivity index (χ3n) is 1.72. The van der Waals surface area contributed by atoms with Crippen molar-refractivity contribution in [3.8, 4) is 11.5 Å². The van der Waals surface area contributed by atoms with Crippen LogP contribution in [0, 0.1) is 0 Å². The zero-order chi connectivity index (χ0) is 11.6. The monoisotopic (exact) mass is 221 g/mol. The summed E-state index contributed by atoms with van der Waals surface area (Å²) in [5.74, 6) is -0.549. The average molecular weight is 221 g/mol. The lowest BCUT2D eigenvalue weighted by Crippen LogP contribution is -2.17. The second-order valence-electron chi connectivity index (χ2n) is 3.06. The lowest BCUT2D eigenvalue weighted by Gasteiger charge is -2.12. The Morgan fingerprint density at radius 3 is 2.47 bits per heavy atom. The normalized spacial score (nSPS) is 13.7. The number of nitrogens with two attached hydrogens (primary N) is 1. The number of aromatic hydroxyl groups is 1. The van der Waals surface area contributed by atoms with Crippen molar-refractivity contribution >= 4 is 0 Å². The number of hydrogen-bond acceptors (Lipinski definition) is 3. The minimum atomic E-state index is -4.74. The summed E-state index contributed by atoms with van der Waals surface area (Å²) >= 11 is 0. The van der Waals surface area contributed by atoms with Gasteiger partial charge in [0.15, 0.2) is 0 Å². The minimum absolute atomic E-state index is 0.153. The number of rotatable bonds is 2. The van der Waals surface area contributed by atoms with Crippen LogP contribution in [0.2, 0.25) is 0 Å². The van der Waals surface area contributed by atoms with Crippen LogP contribution in [0.1, 0.15) is 18.5 Å². The lowest BCUT2D eigenvalue weighted by atomic mass is 10.1. The molecule has 1 unspecified atom stereocenters. The Morgan fingerprint density at radius 1 is 1.40 bits per heavy atom. The molecule has 0 fully saturated rings. The van der Waals surface area contributed by atoms with Gasteiger partial charge < -0.3 is 15.6 Å². The molecule has 84 valence electrons. The molecule has 0 heterocycles. The smallest absolute Gasteiger partial charge is 0.508 e. The highest BCUT2D eigenvalue weighted by Crippen LogP contribution is 2.30. The van der Waals surface area contributed by atoms with Crippen LogP contribution in [0.3, 0.4) is 0 Å². The molecule has 1 rings (SSSR count). The number of phenolic OH excluding ortho intramolecular Hbond substituents is 1. The van der Waals surface area contributed by atoms with Crippen LogP contribution in [0.25, 0.3) is 0 Å². The highest BCUT2D eigenvalue weighted by molar-refractivity contribution is 5.40. The molecule has 6 heteroatoms. The van der Waals surface area contributed by atoms with Crippen molar-refractivity contribution in [2.75, 3.05) is 0 Å². The van der Waals surface area contributed by atoms with E-state index < -0.39 is 18.2 Å². The lowest BCUT2D eigenvalue weighted by molar-refractivity contribution is -0.274. The van der Waals surface area contributed by atoms with E-state index >= 15 is 0 Å². The van der Waals surface area contributed by atoms with Gasteiger partial charge in [-0.15, -0.1) is 13.2 Å². The first kappa shape index (κ1) is 11.6. The molecule has 0 bridgehead atoms. The van der Waals surface area contributed by atoms with Crippen LogP contribution in [0.4, 0.5) is 13.2 Å². The molecule has 0 aromatic heterocycles. The summed E-state index contributed by atoms with van der Waals surface area (Å²) in [6.07, 6.45) is -4.74. The van der Waals surface area contributed by atoms with E-state index in [9.17, 15) is 18.3 Å². The van der Waals surface area contributed by atoms with Crippen molar-refractivity contribution < 1.29 is 23.0 Å². The molecular weight excluding hydrogens is 211 g/mol. The van der Waals surface area contributed by atoms with E-state index in [1.807, 2.05) is 0 Å². The van der Waals surface area contributed by atoms with Gasteiger partial charge in [-0.25, -0.2) is 0 Å². The molecule has 0 amide bonds. The second-order valence-corrected chi connectivity index (χ2v) is 3.06. The number of ether oxygens (including phenoxy) is 1. The summed E-state index contributed by atoms with van der Waals surface area (Å²) in [7, 11) is 0. The van der Waals surface area contributed by atoms with Crippen molar-refractivity contribution in [2.24, 2.45) is 5.73 Å². The van der Waals surface area contributed by atoms with Gasteiger partial charge in [-0.2, -0.15) is 0 Å². The number of phenols is 1. The van der Waals surface area contributed by atoms with E-state index in [4.69, 9.17) is 5.73 Å². The third kappa shape index (κ3) is 3.32. The van der Waals surface area contributed by atoms with Gasteiger partial charge in [0.2, 0.25) is 0 Å². The molecule has 3 N–H and O–H groups in total. The average Bonchev–Trinajstić information content (AvgIpc) is 2.05. The van der Waals surface area contributed by atoms with Gasteiger partial charge >= 0.3 is 6.36 Å². The van der Waals surface area contributed by atoms with Crippen molar-refractivity contribution in [1.82, 2.24) is 0 Å². The van der Waals surface area contributed by atoms with E-state index in [1.165, 1.54) is 0 Å². The van der Waals surface area contributed by atoms with E-state index in [0.717, 1.165) is 18.2 Å². The first-order chi connectivity index (χ1) is 6.79. The third-order valence-corrected chi connectivity index (χ3v) is 1.72. The number of alkyl halides is 3. The molecule has 0 saturated carbocycles. The molecule has 0 saturated heterocycles. The van der Waals surface area contributed by atoms with E-state index in [0.29, 0.717) is 0 Å². The SMILES string of the molecule is CC(N)c1cc(OC(F)(F)F)ccc1O. The highest BCUT2D eigenvalue weighted by atomic mass is 19.4. The van der Waals surface area contributed by atoms with Crippen molar-refractivity contribution in [3.05, 3.63) is 23.8 Å². The summed E-state index contributed by atoms with van der Waals surface area (Å²) in [6.45, 7) is 1.55. The Morgan fingerprint density at radius 2 is 2.00 bits per heavy atom. The van der Waals surface area contributed by atoms with Crippen LogP contribution >= 0.6 is 0 Å². The molecule has 15 heavy (non-hydrogen) atoms.